The molecule has 170 valence electrons. The first-order valence-corrected chi connectivity index (χ1v) is 11.1. The predicted molar refractivity (Wildman–Crippen MR) is 117 cm³/mol. The van der Waals surface area contributed by atoms with E-state index >= 15 is 0 Å². The minimum absolute atomic E-state index is 0.00342. The number of rotatable bonds is 9. The van der Waals surface area contributed by atoms with Crippen molar-refractivity contribution in [1.29, 1.82) is 0 Å². The molecular weight excluding hydrogens is 398 g/mol. The molecule has 0 radical (unpaired) electrons. The van der Waals surface area contributed by atoms with Gasteiger partial charge >= 0.3 is 0 Å². The van der Waals surface area contributed by atoms with E-state index < -0.39 is 0 Å². The van der Waals surface area contributed by atoms with E-state index in [1.807, 2.05) is 36.1 Å². The van der Waals surface area contributed by atoms with Crippen molar-refractivity contribution in [2.45, 2.75) is 32.6 Å². The average molecular weight is 432 g/mol. The SMILES string of the molecule is CCOc1ccccc1N1CC(C(=O)N2CCC(C(=O)NCCCOC)CC2)CC1=O. The summed E-state index contributed by atoms with van der Waals surface area (Å²) in [6.45, 7) is 5.11. The quantitative estimate of drug-likeness (QED) is 0.603. The summed E-state index contributed by atoms with van der Waals surface area (Å²) in [6, 6.07) is 7.43. The molecule has 3 amide bonds. The fourth-order valence-corrected chi connectivity index (χ4v) is 4.26. The second-order valence-corrected chi connectivity index (χ2v) is 8.04. The molecule has 0 bridgehead atoms. The van der Waals surface area contributed by atoms with E-state index in [4.69, 9.17) is 9.47 Å². The minimum Gasteiger partial charge on any atom is -0.492 e. The van der Waals surface area contributed by atoms with Gasteiger partial charge < -0.3 is 24.6 Å². The highest BCUT2D eigenvalue weighted by molar-refractivity contribution is 6.01. The van der Waals surface area contributed by atoms with Gasteiger partial charge in [0.05, 0.1) is 18.2 Å². The number of hydrogen-bond acceptors (Lipinski definition) is 5. The zero-order chi connectivity index (χ0) is 22.2. The maximum absolute atomic E-state index is 13.1. The Hall–Kier alpha value is -2.61. The van der Waals surface area contributed by atoms with Crippen molar-refractivity contribution in [3.63, 3.8) is 0 Å². The Morgan fingerprint density at radius 2 is 1.90 bits per heavy atom. The molecule has 0 aliphatic carbocycles. The number of carbonyl (C=O) groups excluding carboxylic acids is 3. The molecule has 3 rings (SSSR count). The van der Waals surface area contributed by atoms with Crippen molar-refractivity contribution in [1.82, 2.24) is 10.2 Å². The summed E-state index contributed by atoms with van der Waals surface area (Å²) < 4.78 is 10.6. The molecule has 2 saturated heterocycles. The summed E-state index contributed by atoms with van der Waals surface area (Å²) >= 11 is 0. The summed E-state index contributed by atoms with van der Waals surface area (Å²) in [5.41, 5.74) is 0.716. The van der Waals surface area contributed by atoms with Crippen LogP contribution in [0.5, 0.6) is 5.75 Å². The first kappa shape index (κ1) is 23.1. The second-order valence-electron chi connectivity index (χ2n) is 8.04. The maximum Gasteiger partial charge on any atom is 0.228 e. The summed E-state index contributed by atoms with van der Waals surface area (Å²) in [4.78, 5) is 41.5. The molecule has 1 aromatic rings. The van der Waals surface area contributed by atoms with Crippen LogP contribution in [0, 0.1) is 11.8 Å². The van der Waals surface area contributed by atoms with Crippen molar-refractivity contribution in [2.24, 2.45) is 11.8 Å². The normalized spacial score (nSPS) is 19.5. The first-order valence-electron chi connectivity index (χ1n) is 11.1. The van der Waals surface area contributed by atoms with E-state index in [2.05, 4.69) is 5.32 Å². The Morgan fingerprint density at radius 1 is 1.16 bits per heavy atom. The number of ether oxygens (including phenoxy) is 2. The Labute approximate surface area is 183 Å². The van der Waals surface area contributed by atoms with Gasteiger partial charge in [0, 0.05) is 52.2 Å². The summed E-state index contributed by atoms with van der Waals surface area (Å²) in [5.74, 6) is 0.231. The molecule has 2 aliphatic rings. The molecule has 0 saturated carbocycles. The van der Waals surface area contributed by atoms with Crippen LogP contribution in [-0.4, -0.2) is 69.1 Å². The Balaban J connectivity index is 1.52. The molecule has 8 heteroatoms. The molecule has 1 N–H and O–H groups in total. The van der Waals surface area contributed by atoms with E-state index in [0.717, 1.165) is 6.42 Å². The van der Waals surface area contributed by atoms with E-state index in [-0.39, 0.29) is 36.0 Å². The highest BCUT2D eigenvalue weighted by atomic mass is 16.5. The number of methoxy groups -OCH3 is 1. The molecule has 2 heterocycles. The lowest BCUT2D eigenvalue weighted by Crippen LogP contribution is -2.45. The molecule has 1 atom stereocenters. The highest BCUT2D eigenvalue weighted by Gasteiger charge is 2.39. The number of nitrogens with zero attached hydrogens (tertiary/aromatic N) is 2. The zero-order valence-electron chi connectivity index (χ0n) is 18.5. The lowest BCUT2D eigenvalue weighted by atomic mass is 9.94. The smallest absolute Gasteiger partial charge is 0.228 e. The number of benzene rings is 1. The van der Waals surface area contributed by atoms with Gasteiger partial charge in [-0.1, -0.05) is 12.1 Å². The molecule has 0 aromatic heterocycles. The average Bonchev–Trinajstić information content (AvgIpc) is 3.18. The number of anilines is 1. The van der Waals surface area contributed by atoms with Crippen LogP contribution in [-0.2, 0) is 19.1 Å². The van der Waals surface area contributed by atoms with E-state index in [0.29, 0.717) is 63.7 Å². The van der Waals surface area contributed by atoms with E-state index in [1.165, 1.54) is 0 Å². The van der Waals surface area contributed by atoms with Crippen LogP contribution < -0.4 is 15.0 Å². The third kappa shape index (κ3) is 5.76. The zero-order valence-corrected chi connectivity index (χ0v) is 18.5. The molecule has 1 aromatic carbocycles. The van der Waals surface area contributed by atoms with Crippen molar-refractivity contribution < 1.29 is 23.9 Å². The van der Waals surface area contributed by atoms with Gasteiger partial charge in [-0.2, -0.15) is 0 Å². The van der Waals surface area contributed by atoms with Gasteiger partial charge in [-0.3, -0.25) is 14.4 Å². The number of likely N-dealkylation sites (tertiary alicyclic amines) is 1. The number of nitrogens with one attached hydrogen (secondary N) is 1. The van der Waals surface area contributed by atoms with Crippen LogP contribution in [0.25, 0.3) is 0 Å². The fraction of sp³-hybridized carbons (Fsp3) is 0.609. The van der Waals surface area contributed by atoms with Crippen LogP contribution in [0.2, 0.25) is 0 Å². The van der Waals surface area contributed by atoms with Crippen LogP contribution in [0.4, 0.5) is 5.69 Å². The van der Waals surface area contributed by atoms with Crippen LogP contribution in [0.3, 0.4) is 0 Å². The standard InChI is InChI=1S/C23H33N3O5/c1-3-31-20-8-5-4-7-19(20)26-16-18(15-21(26)27)23(29)25-12-9-17(10-13-25)22(28)24-11-6-14-30-2/h4-5,7-8,17-18H,3,6,9-16H2,1-2H3,(H,24,28). The summed E-state index contributed by atoms with van der Waals surface area (Å²) in [6.07, 6.45) is 2.30. The van der Waals surface area contributed by atoms with Gasteiger partial charge in [0.2, 0.25) is 17.7 Å². The van der Waals surface area contributed by atoms with Gasteiger partial charge in [-0.25, -0.2) is 0 Å². The largest absolute Gasteiger partial charge is 0.492 e. The number of piperidine rings is 1. The third-order valence-corrected chi connectivity index (χ3v) is 5.93. The van der Waals surface area contributed by atoms with Crippen LogP contribution in [0.15, 0.2) is 24.3 Å². The molecule has 1 unspecified atom stereocenters. The summed E-state index contributed by atoms with van der Waals surface area (Å²) in [5, 5.41) is 2.95. The van der Waals surface area contributed by atoms with Crippen molar-refractivity contribution in [3.8, 4) is 5.75 Å². The molecule has 0 spiro atoms. The first-order chi connectivity index (χ1) is 15.0. The number of carbonyl (C=O) groups is 3. The second kappa shape index (κ2) is 11.1. The van der Waals surface area contributed by atoms with Gasteiger partial charge in [-0.05, 0) is 38.3 Å². The molecule has 8 nitrogen and oxygen atoms in total. The number of amides is 3. The molecule has 31 heavy (non-hydrogen) atoms. The molecular formula is C23H33N3O5. The minimum atomic E-state index is -0.360. The number of hydrogen-bond donors (Lipinski definition) is 1. The van der Waals surface area contributed by atoms with E-state index in [1.54, 1.807) is 12.0 Å². The highest BCUT2D eigenvalue weighted by Crippen LogP contribution is 2.34. The lowest BCUT2D eigenvalue weighted by Gasteiger charge is -2.33. The Bertz CT molecular complexity index is 776. The Morgan fingerprint density at radius 3 is 2.61 bits per heavy atom. The monoisotopic (exact) mass is 431 g/mol. The topological polar surface area (TPSA) is 88.2 Å². The van der Waals surface area contributed by atoms with Gasteiger partial charge in [0.15, 0.2) is 0 Å². The molecule has 2 fully saturated rings. The van der Waals surface area contributed by atoms with Crippen molar-refractivity contribution in [2.75, 3.05) is 51.4 Å². The van der Waals surface area contributed by atoms with Crippen LogP contribution in [0.1, 0.15) is 32.6 Å². The van der Waals surface area contributed by atoms with Gasteiger partial charge in [-0.15, -0.1) is 0 Å². The van der Waals surface area contributed by atoms with Crippen LogP contribution >= 0.6 is 0 Å². The maximum atomic E-state index is 13.1. The predicted octanol–water partition coefficient (Wildman–Crippen LogP) is 1.83. The fourth-order valence-electron chi connectivity index (χ4n) is 4.26. The number of para-hydroxylation sites is 2. The molecule has 2 aliphatic heterocycles. The van der Waals surface area contributed by atoms with Crippen molar-refractivity contribution >= 4 is 23.4 Å². The van der Waals surface area contributed by atoms with Gasteiger partial charge in [0.1, 0.15) is 5.75 Å². The van der Waals surface area contributed by atoms with E-state index in [9.17, 15) is 14.4 Å². The van der Waals surface area contributed by atoms with Crippen molar-refractivity contribution in [3.05, 3.63) is 24.3 Å². The summed E-state index contributed by atoms with van der Waals surface area (Å²) in [7, 11) is 1.64. The Kier molecular flexibility index (Phi) is 8.28. The van der Waals surface area contributed by atoms with Gasteiger partial charge in [0.25, 0.3) is 0 Å². The lowest BCUT2D eigenvalue weighted by molar-refractivity contribution is -0.139. The third-order valence-electron chi connectivity index (χ3n) is 5.93.